The van der Waals surface area contributed by atoms with Crippen LogP contribution in [0.25, 0.3) is 0 Å². The molecule has 0 heterocycles. The average Bonchev–Trinajstić information content (AvgIpc) is 2.26. The first-order valence-corrected chi connectivity index (χ1v) is 5.84. The molecule has 1 aromatic rings. The van der Waals surface area contributed by atoms with Gasteiger partial charge in [0.15, 0.2) is 0 Å². The zero-order valence-corrected chi connectivity index (χ0v) is 11.5. The third kappa shape index (κ3) is 3.43. The number of nitro benzene ring substituents is 1. The van der Waals surface area contributed by atoms with Gasteiger partial charge in [0.25, 0.3) is 5.69 Å². The van der Waals surface area contributed by atoms with Crippen LogP contribution in [0.2, 0.25) is 0 Å². The summed E-state index contributed by atoms with van der Waals surface area (Å²) in [7, 11) is 1.67. The fourth-order valence-corrected chi connectivity index (χ4v) is 2.08. The van der Waals surface area contributed by atoms with Crippen molar-refractivity contribution in [2.45, 2.75) is 26.8 Å². The molecule has 1 N–H and O–H groups in total. The normalized spacial score (nSPS) is 12.8. The van der Waals surface area contributed by atoms with Gasteiger partial charge in [-0.25, -0.2) is 4.79 Å². The number of likely N-dealkylation sites (N-methyl/N-ethyl adjacent to an activating group) is 1. The van der Waals surface area contributed by atoms with E-state index in [0.717, 1.165) is 0 Å². The van der Waals surface area contributed by atoms with Crippen LogP contribution in [0.1, 0.15) is 20.8 Å². The quantitative estimate of drug-likeness (QED) is 0.668. The Balaban J connectivity index is 3.07. The van der Waals surface area contributed by atoms with E-state index in [-0.39, 0.29) is 5.69 Å². The number of hydrogen-bond donors (Lipinski definition) is 1. The van der Waals surface area contributed by atoms with Crippen molar-refractivity contribution in [1.82, 2.24) is 0 Å². The molecule has 0 radical (unpaired) electrons. The minimum Gasteiger partial charge on any atom is -0.480 e. The molecule has 0 spiro atoms. The average molecular weight is 266 g/mol. The van der Waals surface area contributed by atoms with Gasteiger partial charge in [0.2, 0.25) is 0 Å². The zero-order chi connectivity index (χ0) is 14.8. The minimum absolute atomic E-state index is 0.0141. The second-order valence-corrected chi connectivity index (χ2v) is 5.49. The molecule has 0 aromatic heterocycles. The van der Waals surface area contributed by atoms with Crippen LogP contribution in [-0.2, 0) is 4.79 Å². The number of nitro groups is 1. The molecule has 0 amide bonds. The molecule has 0 fully saturated rings. The largest absolute Gasteiger partial charge is 0.480 e. The number of carbonyl (C=O) groups is 1. The molecule has 104 valence electrons. The van der Waals surface area contributed by atoms with E-state index in [9.17, 15) is 20.0 Å². The van der Waals surface area contributed by atoms with Gasteiger partial charge in [-0.15, -0.1) is 0 Å². The Kier molecular flexibility index (Phi) is 4.14. The third-order valence-corrected chi connectivity index (χ3v) is 2.91. The van der Waals surface area contributed by atoms with Crippen molar-refractivity contribution >= 4 is 17.3 Å². The highest BCUT2D eigenvalue weighted by atomic mass is 16.6. The smallest absolute Gasteiger partial charge is 0.326 e. The van der Waals surface area contributed by atoms with Crippen LogP contribution in [0.5, 0.6) is 0 Å². The molecule has 0 saturated heterocycles. The first kappa shape index (κ1) is 14.9. The summed E-state index contributed by atoms with van der Waals surface area (Å²) in [5.74, 6) is -0.923. The van der Waals surface area contributed by atoms with E-state index >= 15 is 0 Å². The Morgan fingerprint density at radius 2 is 1.79 bits per heavy atom. The van der Waals surface area contributed by atoms with Gasteiger partial charge in [0, 0.05) is 24.9 Å². The Labute approximate surface area is 111 Å². The van der Waals surface area contributed by atoms with Crippen molar-refractivity contribution in [3.8, 4) is 0 Å². The summed E-state index contributed by atoms with van der Waals surface area (Å²) >= 11 is 0. The maximum atomic E-state index is 11.4. The molecule has 0 aliphatic rings. The molecule has 0 bridgehead atoms. The van der Waals surface area contributed by atoms with Gasteiger partial charge in [0.05, 0.1) is 4.92 Å². The fraction of sp³-hybridized carbons (Fsp3) is 0.462. The molecular formula is C13H18N2O4. The van der Waals surface area contributed by atoms with Crippen LogP contribution in [0, 0.1) is 15.5 Å². The van der Waals surface area contributed by atoms with E-state index in [2.05, 4.69) is 0 Å². The molecule has 1 unspecified atom stereocenters. The Morgan fingerprint density at radius 1 is 1.32 bits per heavy atom. The molecule has 6 heteroatoms. The number of carboxylic acid groups (broad SMARTS) is 1. The second kappa shape index (κ2) is 5.26. The van der Waals surface area contributed by atoms with Gasteiger partial charge in [-0.1, -0.05) is 20.8 Å². The first-order chi connectivity index (χ1) is 8.64. The van der Waals surface area contributed by atoms with Crippen molar-refractivity contribution in [2.24, 2.45) is 5.41 Å². The number of anilines is 1. The molecule has 0 aliphatic carbocycles. The van der Waals surface area contributed by atoms with Crippen LogP contribution in [0.4, 0.5) is 11.4 Å². The minimum atomic E-state index is -0.923. The van der Waals surface area contributed by atoms with Gasteiger partial charge in [-0.3, -0.25) is 10.1 Å². The molecule has 0 saturated carbocycles. The first-order valence-electron chi connectivity index (χ1n) is 5.84. The second-order valence-electron chi connectivity index (χ2n) is 5.49. The Morgan fingerprint density at radius 3 is 2.11 bits per heavy atom. The Hall–Kier alpha value is -2.11. The third-order valence-electron chi connectivity index (χ3n) is 2.91. The van der Waals surface area contributed by atoms with Gasteiger partial charge in [0.1, 0.15) is 6.04 Å². The van der Waals surface area contributed by atoms with Gasteiger partial charge in [-0.05, 0) is 17.5 Å². The molecule has 19 heavy (non-hydrogen) atoms. The zero-order valence-electron chi connectivity index (χ0n) is 11.5. The lowest BCUT2D eigenvalue weighted by atomic mass is 9.85. The lowest BCUT2D eigenvalue weighted by molar-refractivity contribution is -0.384. The number of carboxylic acids is 1. The van der Waals surface area contributed by atoms with Crippen LogP contribution >= 0.6 is 0 Å². The van der Waals surface area contributed by atoms with E-state index in [0.29, 0.717) is 5.69 Å². The number of aliphatic carboxylic acids is 1. The topological polar surface area (TPSA) is 83.7 Å². The monoisotopic (exact) mass is 266 g/mol. The summed E-state index contributed by atoms with van der Waals surface area (Å²) < 4.78 is 0. The molecular weight excluding hydrogens is 248 g/mol. The highest BCUT2D eigenvalue weighted by molar-refractivity contribution is 5.79. The van der Waals surface area contributed by atoms with Crippen LogP contribution < -0.4 is 4.90 Å². The highest BCUT2D eigenvalue weighted by Gasteiger charge is 2.35. The lowest BCUT2D eigenvalue weighted by Crippen LogP contribution is -2.47. The molecule has 1 rings (SSSR count). The van der Waals surface area contributed by atoms with Crippen molar-refractivity contribution in [2.75, 3.05) is 11.9 Å². The van der Waals surface area contributed by atoms with Gasteiger partial charge >= 0.3 is 5.97 Å². The van der Waals surface area contributed by atoms with Crippen LogP contribution in [-0.4, -0.2) is 29.1 Å². The summed E-state index contributed by atoms with van der Waals surface area (Å²) in [4.78, 5) is 23.1. The van der Waals surface area contributed by atoms with Gasteiger partial charge < -0.3 is 10.0 Å². The predicted molar refractivity (Wildman–Crippen MR) is 72.4 cm³/mol. The predicted octanol–water partition coefficient (Wildman–Crippen LogP) is 2.53. The van der Waals surface area contributed by atoms with Crippen molar-refractivity contribution in [1.29, 1.82) is 0 Å². The molecule has 1 aromatic carbocycles. The van der Waals surface area contributed by atoms with E-state index in [1.54, 1.807) is 24.1 Å². The maximum absolute atomic E-state index is 11.4. The van der Waals surface area contributed by atoms with Gasteiger partial charge in [-0.2, -0.15) is 0 Å². The summed E-state index contributed by atoms with van der Waals surface area (Å²) in [6, 6.07) is 5.13. The number of hydrogen-bond acceptors (Lipinski definition) is 4. The number of benzene rings is 1. The standard InChI is InChI=1S/C13H18N2O4/c1-13(2,3)11(12(16)17)14(4)9-5-7-10(8-6-9)15(18)19/h5-8,11H,1-4H3,(H,16,17). The number of non-ortho nitro benzene ring substituents is 1. The van der Waals surface area contributed by atoms with Crippen molar-refractivity contribution in [3.05, 3.63) is 34.4 Å². The SMILES string of the molecule is CN(c1ccc([N+](=O)[O-])cc1)C(C(=O)O)C(C)(C)C. The molecule has 0 aliphatic heterocycles. The van der Waals surface area contributed by atoms with Crippen LogP contribution in [0.15, 0.2) is 24.3 Å². The van der Waals surface area contributed by atoms with Crippen LogP contribution in [0.3, 0.4) is 0 Å². The number of nitrogens with zero attached hydrogens (tertiary/aromatic N) is 2. The van der Waals surface area contributed by atoms with Crippen molar-refractivity contribution < 1.29 is 14.8 Å². The van der Waals surface area contributed by atoms with E-state index in [4.69, 9.17) is 0 Å². The molecule has 6 nitrogen and oxygen atoms in total. The summed E-state index contributed by atoms with van der Waals surface area (Å²) in [6.07, 6.45) is 0. The molecule has 1 atom stereocenters. The lowest BCUT2D eigenvalue weighted by Gasteiger charge is -2.36. The fourth-order valence-electron chi connectivity index (χ4n) is 2.08. The van der Waals surface area contributed by atoms with E-state index < -0.39 is 22.3 Å². The van der Waals surface area contributed by atoms with E-state index in [1.807, 2.05) is 20.8 Å². The van der Waals surface area contributed by atoms with E-state index in [1.165, 1.54) is 12.1 Å². The maximum Gasteiger partial charge on any atom is 0.326 e. The summed E-state index contributed by atoms with van der Waals surface area (Å²) in [6.45, 7) is 5.52. The van der Waals surface area contributed by atoms with Crippen molar-refractivity contribution in [3.63, 3.8) is 0 Å². The highest BCUT2D eigenvalue weighted by Crippen LogP contribution is 2.28. The number of rotatable bonds is 4. The Bertz CT molecular complexity index is 476. The summed E-state index contributed by atoms with van der Waals surface area (Å²) in [5, 5.41) is 19.9. The summed E-state index contributed by atoms with van der Waals surface area (Å²) in [5.41, 5.74) is 0.162.